The number of nitrogens with zero attached hydrogens (tertiary/aromatic N) is 3. The van der Waals surface area contributed by atoms with Gasteiger partial charge in [0.1, 0.15) is 0 Å². The number of rotatable bonds is 7. The van der Waals surface area contributed by atoms with Crippen LogP contribution in [0.15, 0.2) is 65.6 Å². The summed E-state index contributed by atoms with van der Waals surface area (Å²) in [5, 5.41) is 0. The maximum absolute atomic E-state index is 13.0. The molecule has 2 saturated heterocycles. The predicted molar refractivity (Wildman–Crippen MR) is 130 cm³/mol. The van der Waals surface area contributed by atoms with E-state index in [4.69, 9.17) is 0 Å². The summed E-state index contributed by atoms with van der Waals surface area (Å²) in [5.41, 5.74) is 1.24. The third kappa shape index (κ3) is 5.85. The molecule has 2 heterocycles. The highest BCUT2D eigenvalue weighted by molar-refractivity contribution is 7.89. The second-order valence-corrected chi connectivity index (χ2v) is 11.0. The predicted octanol–water partition coefficient (Wildman–Crippen LogP) is 2.78. The number of hydrogen-bond donors (Lipinski definition) is 0. The normalized spacial score (nSPS) is 18.1. The number of carbonyl (C=O) groups excluding carboxylic acids is 2. The number of benzene rings is 2. The van der Waals surface area contributed by atoms with Crippen molar-refractivity contribution in [2.75, 3.05) is 39.3 Å². The minimum absolute atomic E-state index is 0.0907. The number of hydrogen-bond acceptors (Lipinski definition) is 4. The summed E-state index contributed by atoms with van der Waals surface area (Å²) in [7, 11) is -3.51. The molecule has 0 radical (unpaired) electrons. The Morgan fingerprint density at radius 2 is 1.32 bits per heavy atom. The van der Waals surface area contributed by atoms with Gasteiger partial charge in [-0.05, 0) is 43.4 Å². The van der Waals surface area contributed by atoms with E-state index in [2.05, 4.69) is 12.1 Å². The lowest BCUT2D eigenvalue weighted by Crippen LogP contribution is -2.53. The van der Waals surface area contributed by atoms with Crippen LogP contribution in [0.3, 0.4) is 0 Å². The van der Waals surface area contributed by atoms with Gasteiger partial charge in [0.05, 0.1) is 4.90 Å². The van der Waals surface area contributed by atoms with Gasteiger partial charge in [0.15, 0.2) is 0 Å². The Kier molecular flexibility index (Phi) is 8.00. The standard InChI is InChI=1S/C26H33N3O4S/c30-25(13-7-10-22-8-3-1-4-9-22)27-18-20-28(21-19-27)26(31)23-14-16-29(17-15-23)34(32,33)24-11-5-2-6-12-24/h1-6,8-9,11-12,23H,7,10,13-21H2. The Morgan fingerprint density at radius 3 is 1.94 bits per heavy atom. The van der Waals surface area contributed by atoms with Crippen molar-refractivity contribution in [2.24, 2.45) is 5.92 Å². The lowest BCUT2D eigenvalue weighted by Gasteiger charge is -2.38. The molecular weight excluding hydrogens is 450 g/mol. The molecule has 0 unspecified atom stereocenters. The molecule has 0 spiro atoms. The van der Waals surface area contributed by atoms with Crippen LogP contribution < -0.4 is 0 Å². The Labute approximate surface area is 202 Å². The molecule has 2 aromatic carbocycles. The molecule has 0 atom stereocenters. The number of piperazine rings is 1. The summed E-state index contributed by atoms with van der Waals surface area (Å²) >= 11 is 0. The summed E-state index contributed by atoms with van der Waals surface area (Å²) in [4.78, 5) is 29.6. The van der Waals surface area contributed by atoms with E-state index < -0.39 is 10.0 Å². The highest BCUT2D eigenvalue weighted by atomic mass is 32.2. The lowest BCUT2D eigenvalue weighted by atomic mass is 9.96. The summed E-state index contributed by atoms with van der Waals surface area (Å²) in [6, 6.07) is 18.6. The molecule has 0 N–H and O–H groups in total. The molecular formula is C26H33N3O4S. The summed E-state index contributed by atoms with van der Waals surface area (Å²) in [6.07, 6.45) is 3.31. The molecule has 4 rings (SSSR count). The maximum atomic E-state index is 13.0. The molecule has 0 aromatic heterocycles. The zero-order chi connectivity index (χ0) is 24.0. The van der Waals surface area contributed by atoms with Crippen molar-refractivity contribution in [3.63, 3.8) is 0 Å². The summed E-state index contributed by atoms with van der Waals surface area (Å²) in [5.74, 6) is 0.0886. The van der Waals surface area contributed by atoms with Crippen LogP contribution in [0, 0.1) is 5.92 Å². The van der Waals surface area contributed by atoms with Crippen molar-refractivity contribution in [3.05, 3.63) is 66.2 Å². The van der Waals surface area contributed by atoms with Gasteiger partial charge in [-0.15, -0.1) is 0 Å². The third-order valence-corrected chi connectivity index (χ3v) is 8.74. The SMILES string of the molecule is O=C(CCCc1ccccc1)N1CCN(C(=O)C2CCN(S(=O)(=O)c3ccccc3)CC2)CC1. The second kappa shape index (κ2) is 11.1. The van der Waals surface area contributed by atoms with Crippen molar-refractivity contribution in [1.82, 2.24) is 14.1 Å². The smallest absolute Gasteiger partial charge is 0.243 e. The van der Waals surface area contributed by atoms with Crippen LogP contribution in [-0.2, 0) is 26.0 Å². The number of aryl methyl sites for hydroxylation is 1. The molecule has 0 saturated carbocycles. The van der Waals surface area contributed by atoms with Crippen molar-refractivity contribution >= 4 is 21.8 Å². The maximum Gasteiger partial charge on any atom is 0.243 e. The molecule has 7 nitrogen and oxygen atoms in total. The van der Waals surface area contributed by atoms with E-state index in [0.29, 0.717) is 63.4 Å². The van der Waals surface area contributed by atoms with Gasteiger partial charge in [0.25, 0.3) is 0 Å². The molecule has 0 bridgehead atoms. The Bertz CT molecular complexity index is 1060. The van der Waals surface area contributed by atoms with Gasteiger partial charge in [-0.1, -0.05) is 48.5 Å². The fourth-order valence-corrected chi connectivity index (χ4v) is 6.26. The molecule has 2 aliphatic heterocycles. The zero-order valence-electron chi connectivity index (χ0n) is 19.5. The Morgan fingerprint density at radius 1 is 0.765 bits per heavy atom. The van der Waals surface area contributed by atoms with Crippen molar-refractivity contribution in [1.29, 1.82) is 0 Å². The highest BCUT2D eigenvalue weighted by Crippen LogP contribution is 2.25. The first-order valence-electron chi connectivity index (χ1n) is 12.1. The second-order valence-electron chi connectivity index (χ2n) is 9.04. The first-order chi connectivity index (χ1) is 16.4. The number of carbonyl (C=O) groups is 2. The van der Waals surface area contributed by atoms with E-state index in [9.17, 15) is 18.0 Å². The number of sulfonamides is 1. The first kappa shape index (κ1) is 24.4. The van der Waals surface area contributed by atoms with Gasteiger partial charge in [-0.2, -0.15) is 4.31 Å². The highest BCUT2D eigenvalue weighted by Gasteiger charge is 2.35. The van der Waals surface area contributed by atoms with Crippen molar-refractivity contribution < 1.29 is 18.0 Å². The number of amides is 2. The molecule has 2 aliphatic rings. The molecule has 2 amide bonds. The Balaban J connectivity index is 1.20. The van der Waals surface area contributed by atoms with Gasteiger partial charge in [-0.25, -0.2) is 8.42 Å². The topological polar surface area (TPSA) is 78.0 Å². The number of piperidine rings is 1. The van der Waals surface area contributed by atoms with E-state index in [0.717, 1.165) is 12.8 Å². The Hall–Kier alpha value is -2.71. The summed E-state index contributed by atoms with van der Waals surface area (Å²) < 4.78 is 27.1. The molecule has 2 fully saturated rings. The van der Waals surface area contributed by atoms with Gasteiger partial charge in [-0.3, -0.25) is 9.59 Å². The van der Waals surface area contributed by atoms with Crippen LogP contribution in [0.5, 0.6) is 0 Å². The van der Waals surface area contributed by atoms with Gasteiger partial charge in [0.2, 0.25) is 21.8 Å². The van der Waals surface area contributed by atoms with Gasteiger partial charge in [0, 0.05) is 51.6 Å². The minimum atomic E-state index is -3.51. The van der Waals surface area contributed by atoms with E-state index in [1.165, 1.54) is 9.87 Å². The van der Waals surface area contributed by atoms with Crippen LogP contribution >= 0.6 is 0 Å². The molecule has 34 heavy (non-hydrogen) atoms. The van der Waals surface area contributed by atoms with E-state index in [1.54, 1.807) is 30.3 Å². The van der Waals surface area contributed by atoms with Crippen LogP contribution in [-0.4, -0.2) is 73.6 Å². The third-order valence-electron chi connectivity index (χ3n) is 6.83. The average Bonchev–Trinajstić information content (AvgIpc) is 2.89. The average molecular weight is 484 g/mol. The van der Waals surface area contributed by atoms with E-state index in [1.807, 2.05) is 28.0 Å². The zero-order valence-corrected chi connectivity index (χ0v) is 20.3. The van der Waals surface area contributed by atoms with Crippen LogP contribution in [0.25, 0.3) is 0 Å². The quantitative estimate of drug-likeness (QED) is 0.607. The fraction of sp³-hybridized carbons (Fsp3) is 0.462. The molecule has 182 valence electrons. The van der Waals surface area contributed by atoms with E-state index >= 15 is 0 Å². The molecule has 8 heteroatoms. The summed E-state index contributed by atoms with van der Waals surface area (Å²) in [6.45, 7) is 2.94. The molecule has 0 aliphatic carbocycles. The monoisotopic (exact) mass is 483 g/mol. The van der Waals surface area contributed by atoms with Gasteiger partial charge >= 0.3 is 0 Å². The molecule has 2 aromatic rings. The minimum Gasteiger partial charge on any atom is -0.339 e. The largest absolute Gasteiger partial charge is 0.339 e. The first-order valence-corrected chi connectivity index (χ1v) is 13.5. The van der Waals surface area contributed by atoms with Crippen molar-refractivity contribution in [2.45, 2.75) is 37.0 Å². The lowest BCUT2D eigenvalue weighted by molar-refractivity contribution is -0.143. The fourth-order valence-electron chi connectivity index (χ4n) is 4.77. The van der Waals surface area contributed by atoms with Crippen LogP contribution in [0.2, 0.25) is 0 Å². The van der Waals surface area contributed by atoms with Crippen molar-refractivity contribution in [3.8, 4) is 0 Å². The van der Waals surface area contributed by atoms with Crippen LogP contribution in [0.4, 0.5) is 0 Å². The van der Waals surface area contributed by atoms with E-state index in [-0.39, 0.29) is 17.7 Å². The van der Waals surface area contributed by atoms with Crippen LogP contribution in [0.1, 0.15) is 31.2 Å². The van der Waals surface area contributed by atoms with Gasteiger partial charge < -0.3 is 9.80 Å².